The fourth-order valence-corrected chi connectivity index (χ4v) is 2.98. The molecular weight excluding hydrogens is 400 g/mol. The van der Waals surface area contributed by atoms with Crippen LogP contribution in [0.15, 0.2) is 70.0 Å². The molecule has 0 amide bonds. The Morgan fingerprint density at radius 1 is 0.903 bits per heavy atom. The second-order valence-corrected chi connectivity index (χ2v) is 6.84. The van der Waals surface area contributed by atoms with E-state index in [1.807, 2.05) is 43.3 Å². The molecule has 2 aromatic rings. The lowest BCUT2D eigenvalue weighted by Gasteiger charge is -2.31. The van der Waals surface area contributed by atoms with Gasteiger partial charge in [-0.25, -0.2) is 9.59 Å². The molecule has 0 aliphatic carbocycles. The first-order chi connectivity index (χ1) is 14.9. The monoisotopic (exact) mass is 424 g/mol. The molecule has 9 nitrogen and oxygen atoms in total. The van der Waals surface area contributed by atoms with E-state index in [0.29, 0.717) is 11.4 Å². The third-order valence-corrected chi connectivity index (χ3v) is 4.64. The Bertz CT molecular complexity index is 998. The first-order valence-electron chi connectivity index (χ1n) is 9.49. The lowest BCUT2D eigenvalue weighted by molar-refractivity contribution is -0.140. The van der Waals surface area contributed by atoms with Crippen molar-refractivity contribution in [2.45, 2.75) is 0 Å². The fraction of sp³-hybridized carbons (Fsp3) is 0.273. The van der Waals surface area contributed by atoms with Gasteiger partial charge in [0.15, 0.2) is 0 Å². The summed E-state index contributed by atoms with van der Waals surface area (Å²) in [5, 5.41) is 8.49. The standard InChI is InChI=1S/C22H24N4O5/c1-25(2)17-9-5-15(6-10-17)23-24-16-7-11-18(12-8-16)26-14-31-13-19(21(27)29-3)20(26)22(28)30-4/h5-12H,13-14H2,1-4H3. The zero-order valence-corrected chi connectivity index (χ0v) is 17.9. The maximum absolute atomic E-state index is 12.4. The number of hydrogen-bond donors (Lipinski definition) is 0. The molecule has 0 spiro atoms. The highest BCUT2D eigenvalue weighted by molar-refractivity contribution is 6.03. The number of carbonyl (C=O) groups excluding carboxylic acids is 2. The third-order valence-electron chi connectivity index (χ3n) is 4.64. The van der Waals surface area contributed by atoms with Gasteiger partial charge in [-0.1, -0.05) is 0 Å². The third kappa shape index (κ3) is 5.07. The normalized spacial score (nSPS) is 14.0. The van der Waals surface area contributed by atoms with Crippen molar-refractivity contribution >= 4 is 34.7 Å². The Morgan fingerprint density at radius 3 is 1.97 bits per heavy atom. The van der Waals surface area contributed by atoms with Crippen molar-refractivity contribution in [3.63, 3.8) is 0 Å². The summed E-state index contributed by atoms with van der Waals surface area (Å²) in [6.45, 7) is 0.0521. The first-order valence-corrected chi connectivity index (χ1v) is 9.49. The number of rotatable bonds is 6. The summed E-state index contributed by atoms with van der Waals surface area (Å²) in [6, 6.07) is 14.7. The summed E-state index contributed by atoms with van der Waals surface area (Å²) >= 11 is 0. The summed E-state index contributed by atoms with van der Waals surface area (Å²) in [5.74, 6) is -1.29. The zero-order valence-electron chi connectivity index (χ0n) is 17.9. The molecule has 0 saturated carbocycles. The summed E-state index contributed by atoms with van der Waals surface area (Å²) < 4.78 is 15.1. The van der Waals surface area contributed by atoms with Crippen molar-refractivity contribution in [2.24, 2.45) is 10.2 Å². The van der Waals surface area contributed by atoms with Crippen LogP contribution < -0.4 is 9.80 Å². The van der Waals surface area contributed by atoms with Gasteiger partial charge < -0.3 is 24.0 Å². The molecular formula is C22H24N4O5. The lowest BCUT2D eigenvalue weighted by atomic mass is 10.1. The van der Waals surface area contributed by atoms with Crippen molar-refractivity contribution in [3.8, 4) is 0 Å². The average Bonchev–Trinajstić information content (AvgIpc) is 2.81. The molecule has 2 aromatic carbocycles. The number of anilines is 2. The summed E-state index contributed by atoms with van der Waals surface area (Å²) in [4.78, 5) is 28.0. The van der Waals surface area contributed by atoms with Crippen molar-refractivity contribution < 1.29 is 23.8 Å². The molecule has 0 N–H and O–H groups in total. The van der Waals surface area contributed by atoms with Crippen LogP contribution >= 0.6 is 0 Å². The molecule has 0 saturated heterocycles. The van der Waals surface area contributed by atoms with Crippen molar-refractivity contribution in [3.05, 3.63) is 59.8 Å². The number of carbonyl (C=O) groups is 2. The summed E-state index contributed by atoms with van der Waals surface area (Å²) in [5.41, 5.74) is 3.28. The number of hydrogen-bond acceptors (Lipinski definition) is 9. The summed E-state index contributed by atoms with van der Waals surface area (Å²) in [6.07, 6.45) is 0. The quantitative estimate of drug-likeness (QED) is 0.517. The molecule has 3 rings (SSSR count). The maximum Gasteiger partial charge on any atom is 0.355 e. The minimum Gasteiger partial charge on any atom is -0.466 e. The van der Waals surface area contributed by atoms with Gasteiger partial charge in [-0.05, 0) is 48.5 Å². The van der Waals surface area contributed by atoms with Crippen LogP contribution in [0.25, 0.3) is 0 Å². The van der Waals surface area contributed by atoms with E-state index in [4.69, 9.17) is 14.2 Å². The molecule has 162 valence electrons. The Hall–Kier alpha value is -3.72. The van der Waals surface area contributed by atoms with Gasteiger partial charge in [-0.2, -0.15) is 10.2 Å². The van der Waals surface area contributed by atoms with Gasteiger partial charge in [0.1, 0.15) is 12.4 Å². The minimum absolute atomic E-state index is 0.0352. The molecule has 0 unspecified atom stereocenters. The Balaban J connectivity index is 1.82. The fourth-order valence-electron chi connectivity index (χ4n) is 2.98. The minimum atomic E-state index is -0.645. The number of azo groups is 1. The lowest BCUT2D eigenvalue weighted by Crippen LogP contribution is -2.38. The van der Waals surface area contributed by atoms with Gasteiger partial charge in [0.05, 0.1) is 37.8 Å². The number of methoxy groups -OCH3 is 2. The second-order valence-electron chi connectivity index (χ2n) is 6.84. The molecule has 0 fully saturated rings. The van der Waals surface area contributed by atoms with Gasteiger partial charge in [-0.3, -0.25) is 0 Å². The molecule has 0 atom stereocenters. The maximum atomic E-state index is 12.4. The van der Waals surface area contributed by atoms with E-state index >= 15 is 0 Å². The van der Waals surface area contributed by atoms with Crippen LogP contribution in [-0.2, 0) is 23.8 Å². The van der Waals surface area contributed by atoms with Crippen LogP contribution in [0.1, 0.15) is 0 Å². The molecule has 1 aliphatic heterocycles. The molecule has 0 radical (unpaired) electrons. The predicted octanol–water partition coefficient (Wildman–Crippen LogP) is 3.56. The van der Waals surface area contributed by atoms with Crippen LogP contribution in [0.5, 0.6) is 0 Å². The highest BCUT2D eigenvalue weighted by atomic mass is 16.5. The predicted molar refractivity (Wildman–Crippen MR) is 116 cm³/mol. The first kappa shape index (κ1) is 22.0. The zero-order chi connectivity index (χ0) is 22.4. The van der Waals surface area contributed by atoms with E-state index in [0.717, 1.165) is 11.4 Å². The smallest absolute Gasteiger partial charge is 0.355 e. The van der Waals surface area contributed by atoms with Crippen molar-refractivity contribution in [2.75, 3.05) is 51.5 Å². The Morgan fingerprint density at radius 2 is 1.45 bits per heavy atom. The summed E-state index contributed by atoms with van der Waals surface area (Å²) in [7, 11) is 6.45. The average molecular weight is 424 g/mol. The van der Waals surface area contributed by atoms with Gasteiger partial charge in [0.2, 0.25) is 0 Å². The van der Waals surface area contributed by atoms with E-state index in [1.165, 1.54) is 14.2 Å². The van der Waals surface area contributed by atoms with Crippen LogP contribution in [0, 0.1) is 0 Å². The van der Waals surface area contributed by atoms with Crippen LogP contribution in [0.3, 0.4) is 0 Å². The number of esters is 2. The molecule has 0 bridgehead atoms. The Labute approximate surface area is 180 Å². The molecule has 1 heterocycles. The number of ether oxygens (including phenoxy) is 3. The topological polar surface area (TPSA) is 93.0 Å². The van der Waals surface area contributed by atoms with E-state index in [-0.39, 0.29) is 24.6 Å². The SMILES string of the molecule is COC(=O)C1=C(C(=O)OC)N(c2ccc(N=Nc3ccc(N(C)C)cc3)cc2)COC1. The number of benzene rings is 2. The molecule has 0 aromatic heterocycles. The van der Waals surface area contributed by atoms with E-state index in [2.05, 4.69) is 10.2 Å². The van der Waals surface area contributed by atoms with E-state index < -0.39 is 11.9 Å². The van der Waals surface area contributed by atoms with Crippen molar-refractivity contribution in [1.29, 1.82) is 0 Å². The van der Waals surface area contributed by atoms with E-state index in [9.17, 15) is 9.59 Å². The Kier molecular flexibility index (Phi) is 6.99. The molecule has 1 aliphatic rings. The van der Waals surface area contributed by atoms with Gasteiger partial charge in [0.25, 0.3) is 0 Å². The largest absolute Gasteiger partial charge is 0.466 e. The van der Waals surface area contributed by atoms with Crippen LogP contribution in [-0.4, -0.2) is 53.6 Å². The molecule has 31 heavy (non-hydrogen) atoms. The van der Waals surface area contributed by atoms with Crippen molar-refractivity contribution in [1.82, 2.24) is 0 Å². The van der Waals surface area contributed by atoms with Crippen LogP contribution in [0.2, 0.25) is 0 Å². The highest BCUT2D eigenvalue weighted by Crippen LogP contribution is 2.29. The van der Waals surface area contributed by atoms with E-state index in [1.54, 1.807) is 29.2 Å². The van der Waals surface area contributed by atoms with Gasteiger partial charge in [-0.15, -0.1) is 0 Å². The number of nitrogens with zero attached hydrogens (tertiary/aromatic N) is 4. The van der Waals surface area contributed by atoms with Gasteiger partial charge >= 0.3 is 11.9 Å². The van der Waals surface area contributed by atoms with Gasteiger partial charge in [0, 0.05) is 25.5 Å². The second kappa shape index (κ2) is 9.86. The highest BCUT2D eigenvalue weighted by Gasteiger charge is 2.32. The van der Waals surface area contributed by atoms with Crippen LogP contribution in [0.4, 0.5) is 22.7 Å². The molecule has 9 heteroatoms.